The van der Waals surface area contributed by atoms with Gasteiger partial charge >= 0.3 is 0 Å². The number of piperidine rings is 1. The van der Waals surface area contributed by atoms with Crippen molar-refractivity contribution in [3.8, 4) is 0 Å². The third kappa shape index (κ3) is 3.33. The summed E-state index contributed by atoms with van der Waals surface area (Å²) in [6.07, 6.45) is 6.03. The molecule has 1 fully saturated rings. The molecule has 2 heteroatoms. The number of nitrogens with two attached hydrogens (primary N) is 1. The molecule has 16 heavy (non-hydrogen) atoms. The molecular weight excluding hydrogens is 196 g/mol. The summed E-state index contributed by atoms with van der Waals surface area (Å²) in [5.41, 5.74) is 7.74. The van der Waals surface area contributed by atoms with Gasteiger partial charge in [0.05, 0.1) is 0 Å². The molecule has 94 valence electrons. The fourth-order valence-corrected chi connectivity index (χ4v) is 2.41. The molecule has 0 radical (unpaired) electrons. The van der Waals surface area contributed by atoms with E-state index >= 15 is 0 Å². The summed E-state index contributed by atoms with van der Waals surface area (Å²) in [5.74, 6) is 0. The van der Waals surface area contributed by atoms with Gasteiger partial charge in [0, 0.05) is 11.6 Å². The first-order valence-electron chi connectivity index (χ1n) is 6.65. The number of likely N-dealkylation sites (tertiary alicyclic amines) is 1. The van der Waals surface area contributed by atoms with Crippen molar-refractivity contribution in [1.29, 1.82) is 0 Å². The van der Waals surface area contributed by atoms with Crippen molar-refractivity contribution < 1.29 is 0 Å². The Morgan fingerprint density at radius 3 is 2.38 bits per heavy atom. The summed E-state index contributed by atoms with van der Waals surface area (Å²) in [7, 11) is 0. The Hall–Kier alpha value is -0.340. The average Bonchev–Trinajstić information content (AvgIpc) is 2.29. The molecule has 1 atom stereocenters. The molecule has 0 spiro atoms. The first-order valence-corrected chi connectivity index (χ1v) is 6.65. The fourth-order valence-electron chi connectivity index (χ4n) is 2.41. The zero-order valence-electron chi connectivity index (χ0n) is 11.3. The third-order valence-corrected chi connectivity index (χ3v) is 4.09. The average molecular weight is 224 g/mol. The molecule has 0 amide bonds. The summed E-state index contributed by atoms with van der Waals surface area (Å²) < 4.78 is 0. The van der Waals surface area contributed by atoms with E-state index in [-0.39, 0.29) is 11.6 Å². The van der Waals surface area contributed by atoms with Crippen LogP contribution in [0.5, 0.6) is 0 Å². The Balaban J connectivity index is 2.56. The van der Waals surface area contributed by atoms with Gasteiger partial charge in [0.25, 0.3) is 0 Å². The fraction of sp³-hybridized carbons (Fsp3) is 0.857. The van der Waals surface area contributed by atoms with Crippen molar-refractivity contribution in [3.63, 3.8) is 0 Å². The van der Waals surface area contributed by atoms with Crippen LogP contribution in [-0.4, -0.2) is 29.6 Å². The first-order chi connectivity index (χ1) is 7.48. The van der Waals surface area contributed by atoms with Crippen molar-refractivity contribution in [2.75, 3.05) is 13.1 Å². The van der Waals surface area contributed by atoms with Crippen LogP contribution in [0.25, 0.3) is 0 Å². The normalized spacial score (nSPS) is 20.8. The van der Waals surface area contributed by atoms with E-state index in [9.17, 15) is 0 Å². The quantitative estimate of drug-likeness (QED) is 0.728. The third-order valence-electron chi connectivity index (χ3n) is 4.09. The summed E-state index contributed by atoms with van der Waals surface area (Å²) in [4.78, 5) is 2.56. The maximum absolute atomic E-state index is 6.36. The van der Waals surface area contributed by atoms with E-state index in [0.29, 0.717) is 0 Å². The van der Waals surface area contributed by atoms with Crippen LogP contribution >= 0.6 is 0 Å². The van der Waals surface area contributed by atoms with E-state index in [0.717, 1.165) is 12.8 Å². The van der Waals surface area contributed by atoms with E-state index in [1.54, 1.807) is 0 Å². The molecule has 1 aliphatic rings. The van der Waals surface area contributed by atoms with Gasteiger partial charge in [0.15, 0.2) is 0 Å². The van der Waals surface area contributed by atoms with Crippen LogP contribution in [0.4, 0.5) is 0 Å². The molecule has 0 aliphatic carbocycles. The topological polar surface area (TPSA) is 29.3 Å². The Kier molecular flexibility index (Phi) is 5.00. The molecule has 2 N–H and O–H groups in total. The van der Waals surface area contributed by atoms with Crippen LogP contribution in [0.3, 0.4) is 0 Å². The molecule has 1 heterocycles. The van der Waals surface area contributed by atoms with Gasteiger partial charge in [-0.15, -0.1) is 0 Å². The Morgan fingerprint density at radius 2 is 1.88 bits per heavy atom. The molecule has 0 aromatic heterocycles. The number of hydrogen-bond donors (Lipinski definition) is 1. The molecule has 2 nitrogen and oxygen atoms in total. The van der Waals surface area contributed by atoms with Crippen molar-refractivity contribution in [1.82, 2.24) is 4.90 Å². The molecule has 1 rings (SSSR count). The number of hydrogen-bond acceptors (Lipinski definition) is 2. The minimum atomic E-state index is 0.110. The van der Waals surface area contributed by atoms with E-state index in [1.807, 2.05) is 0 Å². The molecule has 0 aromatic carbocycles. The predicted octanol–water partition coefficient (Wildman–Crippen LogP) is 2.93. The highest BCUT2D eigenvalue weighted by atomic mass is 15.2. The van der Waals surface area contributed by atoms with E-state index in [4.69, 9.17) is 5.73 Å². The summed E-state index contributed by atoms with van der Waals surface area (Å²) in [6, 6.07) is 0.207. The van der Waals surface area contributed by atoms with Gasteiger partial charge in [0.1, 0.15) is 0 Å². The standard InChI is InChI=1S/C14H28N2/c1-5-12(2)11-13(15)14(3,4)16-9-7-6-8-10-16/h13H,2,5-11,15H2,1,3-4H3. The maximum atomic E-state index is 6.36. The molecular formula is C14H28N2. The van der Waals surface area contributed by atoms with Gasteiger partial charge in [-0.25, -0.2) is 0 Å². The second kappa shape index (κ2) is 5.83. The minimum Gasteiger partial charge on any atom is -0.326 e. The monoisotopic (exact) mass is 224 g/mol. The van der Waals surface area contributed by atoms with Gasteiger partial charge in [-0.05, 0) is 52.6 Å². The van der Waals surface area contributed by atoms with Crippen molar-refractivity contribution in [3.05, 3.63) is 12.2 Å². The molecule has 0 bridgehead atoms. The van der Waals surface area contributed by atoms with Crippen LogP contribution in [0.15, 0.2) is 12.2 Å². The number of nitrogens with zero attached hydrogens (tertiary/aromatic N) is 1. The molecule has 0 saturated carbocycles. The van der Waals surface area contributed by atoms with Crippen LogP contribution in [0.2, 0.25) is 0 Å². The zero-order valence-corrected chi connectivity index (χ0v) is 11.3. The lowest BCUT2D eigenvalue weighted by Crippen LogP contribution is -2.57. The highest BCUT2D eigenvalue weighted by Crippen LogP contribution is 2.26. The Morgan fingerprint density at radius 1 is 1.31 bits per heavy atom. The maximum Gasteiger partial charge on any atom is 0.0307 e. The Bertz CT molecular complexity index is 227. The van der Waals surface area contributed by atoms with Crippen molar-refractivity contribution in [2.45, 2.75) is 64.5 Å². The summed E-state index contributed by atoms with van der Waals surface area (Å²) in [6.45, 7) is 13.2. The van der Waals surface area contributed by atoms with Crippen molar-refractivity contribution >= 4 is 0 Å². The largest absolute Gasteiger partial charge is 0.326 e. The lowest BCUT2D eigenvalue weighted by Gasteiger charge is -2.45. The summed E-state index contributed by atoms with van der Waals surface area (Å²) >= 11 is 0. The second-order valence-corrected chi connectivity index (χ2v) is 5.62. The van der Waals surface area contributed by atoms with Crippen molar-refractivity contribution in [2.24, 2.45) is 5.73 Å². The van der Waals surface area contributed by atoms with Crippen LogP contribution in [0, 0.1) is 0 Å². The zero-order chi connectivity index (χ0) is 12.2. The van der Waals surface area contributed by atoms with Gasteiger partial charge in [-0.2, -0.15) is 0 Å². The van der Waals surface area contributed by atoms with Crippen LogP contribution in [-0.2, 0) is 0 Å². The highest BCUT2D eigenvalue weighted by molar-refractivity contribution is 5.03. The predicted molar refractivity (Wildman–Crippen MR) is 71.5 cm³/mol. The van der Waals surface area contributed by atoms with Crippen LogP contribution < -0.4 is 5.73 Å². The van der Waals surface area contributed by atoms with E-state index < -0.39 is 0 Å². The van der Waals surface area contributed by atoms with Crippen LogP contribution in [0.1, 0.15) is 52.9 Å². The lowest BCUT2D eigenvalue weighted by molar-refractivity contribution is 0.0730. The minimum absolute atomic E-state index is 0.110. The summed E-state index contributed by atoms with van der Waals surface area (Å²) in [5, 5.41) is 0. The van der Waals surface area contributed by atoms with Gasteiger partial charge < -0.3 is 5.73 Å². The molecule has 1 aliphatic heterocycles. The smallest absolute Gasteiger partial charge is 0.0307 e. The van der Waals surface area contributed by atoms with Gasteiger partial charge in [0.2, 0.25) is 0 Å². The Labute approximate surface area is 101 Å². The first kappa shape index (κ1) is 13.7. The highest BCUT2D eigenvalue weighted by Gasteiger charge is 2.33. The molecule has 1 unspecified atom stereocenters. The van der Waals surface area contributed by atoms with E-state index in [1.165, 1.54) is 37.9 Å². The van der Waals surface area contributed by atoms with E-state index in [2.05, 4.69) is 32.3 Å². The van der Waals surface area contributed by atoms with Gasteiger partial charge in [-0.1, -0.05) is 25.5 Å². The molecule has 1 saturated heterocycles. The number of rotatable bonds is 5. The van der Waals surface area contributed by atoms with Gasteiger partial charge in [-0.3, -0.25) is 4.90 Å². The molecule has 0 aromatic rings. The SMILES string of the molecule is C=C(CC)CC(N)C(C)(C)N1CCCCC1. The lowest BCUT2D eigenvalue weighted by atomic mass is 9.86. The second-order valence-electron chi connectivity index (χ2n) is 5.62.